The van der Waals surface area contributed by atoms with Gasteiger partial charge < -0.3 is 9.88 Å². The van der Waals surface area contributed by atoms with Crippen molar-refractivity contribution in [3.8, 4) is 0 Å². The van der Waals surface area contributed by atoms with Gasteiger partial charge in [-0.25, -0.2) is 13.4 Å². The summed E-state index contributed by atoms with van der Waals surface area (Å²) in [5.74, 6) is 0.789. The third kappa shape index (κ3) is 5.23. The van der Waals surface area contributed by atoms with Gasteiger partial charge in [-0.3, -0.25) is 4.79 Å². The van der Waals surface area contributed by atoms with Crippen LogP contribution in [0.1, 0.15) is 35.5 Å². The van der Waals surface area contributed by atoms with Gasteiger partial charge >= 0.3 is 0 Å². The predicted octanol–water partition coefficient (Wildman–Crippen LogP) is 3.66. The van der Waals surface area contributed by atoms with E-state index in [1.165, 1.54) is 11.3 Å². The van der Waals surface area contributed by atoms with Crippen LogP contribution in [-0.2, 0) is 27.8 Å². The Bertz CT molecular complexity index is 1140. The number of rotatable bonds is 7. The number of amides is 1. The number of nitrogens with one attached hydrogen (secondary N) is 1. The Morgan fingerprint density at radius 2 is 1.84 bits per heavy atom. The van der Waals surface area contributed by atoms with Gasteiger partial charge in [0.2, 0.25) is 5.91 Å². The highest BCUT2D eigenvalue weighted by Gasteiger charge is 2.27. The van der Waals surface area contributed by atoms with Crippen LogP contribution < -0.4 is 5.32 Å². The number of aromatic nitrogens is 2. The molecule has 164 valence electrons. The molecule has 0 atom stereocenters. The number of carbonyl (C=O) groups excluding carboxylic acids is 1. The number of piperidine rings is 1. The topological polar surface area (TPSA) is 84.3 Å². The van der Waals surface area contributed by atoms with Crippen LogP contribution in [0.2, 0.25) is 0 Å². The summed E-state index contributed by atoms with van der Waals surface area (Å²) in [5.41, 5.74) is 1.83. The van der Waals surface area contributed by atoms with Crippen molar-refractivity contribution in [2.75, 3.05) is 18.4 Å². The molecule has 1 amide bonds. The molecule has 9 heteroatoms. The molecular weight excluding hydrogens is 432 g/mol. The third-order valence-electron chi connectivity index (χ3n) is 5.40. The number of hydrogen-bond acceptors (Lipinski definition) is 5. The molecule has 1 saturated heterocycles. The molecule has 0 spiro atoms. The van der Waals surface area contributed by atoms with Crippen molar-refractivity contribution < 1.29 is 13.2 Å². The van der Waals surface area contributed by atoms with Gasteiger partial charge in [-0.1, -0.05) is 18.6 Å². The molecule has 3 heterocycles. The molecule has 7 nitrogen and oxygen atoms in total. The van der Waals surface area contributed by atoms with E-state index in [4.69, 9.17) is 0 Å². The molecule has 3 aromatic rings. The van der Waals surface area contributed by atoms with Crippen molar-refractivity contribution in [2.24, 2.45) is 0 Å². The second-order valence-electron chi connectivity index (χ2n) is 7.71. The normalized spacial score (nSPS) is 15.1. The van der Waals surface area contributed by atoms with Crippen molar-refractivity contribution in [1.29, 1.82) is 0 Å². The summed E-state index contributed by atoms with van der Waals surface area (Å²) in [4.78, 5) is 17.4. The van der Waals surface area contributed by atoms with Gasteiger partial charge in [0.05, 0.1) is 6.42 Å². The molecule has 1 aromatic carbocycles. The molecule has 1 N–H and O–H groups in total. The van der Waals surface area contributed by atoms with Gasteiger partial charge in [0.1, 0.15) is 10.0 Å². The maximum absolute atomic E-state index is 12.8. The zero-order valence-electron chi connectivity index (χ0n) is 17.5. The zero-order chi connectivity index (χ0) is 21.8. The SMILES string of the molecule is Cc1nccn1Cc1ccc(NC(=O)Cc2ccc(S(=O)(=O)N3CCCCC3)s2)cc1. The minimum Gasteiger partial charge on any atom is -0.331 e. The molecule has 0 unspecified atom stereocenters. The molecule has 0 radical (unpaired) electrons. The number of sulfonamides is 1. The Hall–Kier alpha value is -2.49. The fourth-order valence-electron chi connectivity index (χ4n) is 3.65. The maximum Gasteiger partial charge on any atom is 0.252 e. The molecular formula is C22H26N4O3S2. The Balaban J connectivity index is 1.34. The first-order chi connectivity index (χ1) is 14.9. The van der Waals surface area contributed by atoms with Crippen LogP contribution in [0.4, 0.5) is 5.69 Å². The Morgan fingerprint density at radius 1 is 1.10 bits per heavy atom. The van der Waals surface area contributed by atoms with E-state index < -0.39 is 10.0 Å². The first-order valence-corrected chi connectivity index (χ1v) is 12.6. The van der Waals surface area contributed by atoms with Crippen LogP contribution in [0.25, 0.3) is 0 Å². The lowest BCUT2D eigenvalue weighted by atomic mass is 10.2. The van der Waals surface area contributed by atoms with Crippen molar-refractivity contribution >= 4 is 33.0 Å². The molecule has 4 rings (SSSR count). The van der Waals surface area contributed by atoms with Crippen LogP contribution in [0.15, 0.2) is 53.0 Å². The van der Waals surface area contributed by atoms with E-state index in [-0.39, 0.29) is 12.3 Å². The number of anilines is 1. The summed E-state index contributed by atoms with van der Waals surface area (Å²) in [7, 11) is -3.45. The van der Waals surface area contributed by atoms with Crippen molar-refractivity contribution in [2.45, 2.75) is 43.4 Å². The number of benzene rings is 1. The fraction of sp³-hybridized carbons (Fsp3) is 0.364. The number of carbonyl (C=O) groups is 1. The van der Waals surface area contributed by atoms with E-state index in [0.29, 0.717) is 23.0 Å². The van der Waals surface area contributed by atoms with E-state index in [0.717, 1.165) is 42.1 Å². The number of nitrogens with zero attached hydrogens (tertiary/aromatic N) is 3. The lowest BCUT2D eigenvalue weighted by molar-refractivity contribution is -0.115. The van der Waals surface area contributed by atoms with Crippen molar-refractivity contribution in [3.63, 3.8) is 0 Å². The second-order valence-corrected chi connectivity index (χ2v) is 11.0. The maximum atomic E-state index is 12.8. The first kappa shape index (κ1) is 21.7. The number of thiophene rings is 1. The lowest BCUT2D eigenvalue weighted by Gasteiger charge is -2.25. The molecule has 31 heavy (non-hydrogen) atoms. The van der Waals surface area contributed by atoms with Gasteiger partial charge in [-0.05, 0) is 49.6 Å². The van der Waals surface area contributed by atoms with Crippen molar-refractivity contribution in [1.82, 2.24) is 13.9 Å². The van der Waals surface area contributed by atoms with Crippen LogP contribution >= 0.6 is 11.3 Å². The van der Waals surface area contributed by atoms with Gasteiger partial charge in [0, 0.05) is 42.6 Å². The second kappa shape index (κ2) is 9.33. The minimum absolute atomic E-state index is 0.149. The average molecular weight is 459 g/mol. The summed E-state index contributed by atoms with van der Waals surface area (Å²) >= 11 is 1.18. The summed E-state index contributed by atoms with van der Waals surface area (Å²) < 4.78 is 29.5. The molecule has 0 bridgehead atoms. The standard InChI is InChI=1S/C22H26N4O3S2/c1-17-23-11-14-25(17)16-18-5-7-19(8-6-18)24-21(27)15-20-9-10-22(30-20)31(28,29)26-12-3-2-4-13-26/h5-11,14H,2-4,12-13,15-16H2,1H3,(H,24,27). The van der Waals surface area contributed by atoms with Crippen LogP contribution in [0.3, 0.4) is 0 Å². The lowest BCUT2D eigenvalue weighted by Crippen LogP contribution is -2.35. The van der Waals surface area contributed by atoms with Gasteiger partial charge in [0.25, 0.3) is 10.0 Å². The molecule has 1 aliphatic rings. The van der Waals surface area contributed by atoms with E-state index in [1.54, 1.807) is 22.6 Å². The summed E-state index contributed by atoms with van der Waals surface area (Å²) in [6.45, 7) is 3.84. The van der Waals surface area contributed by atoms with Crippen LogP contribution in [0.5, 0.6) is 0 Å². The van der Waals surface area contributed by atoms with E-state index in [2.05, 4.69) is 14.9 Å². The molecule has 0 saturated carbocycles. The van der Waals surface area contributed by atoms with E-state index in [9.17, 15) is 13.2 Å². The predicted molar refractivity (Wildman–Crippen MR) is 122 cm³/mol. The summed E-state index contributed by atoms with van der Waals surface area (Å²) in [6, 6.07) is 11.1. The highest BCUT2D eigenvalue weighted by atomic mass is 32.2. The smallest absolute Gasteiger partial charge is 0.252 e. The largest absolute Gasteiger partial charge is 0.331 e. The molecule has 2 aromatic heterocycles. The Labute approximate surface area is 186 Å². The Morgan fingerprint density at radius 3 is 2.52 bits per heavy atom. The van der Waals surface area contributed by atoms with Crippen LogP contribution in [-0.4, -0.2) is 41.3 Å². The van der Waals surface area contributed by atoms with Crippen molar-refractivity contribution in [3.05, 3.63) is 65.1 Å². The highest BCUT2D eigenvalue weighted by molar-refractivity contribution is 7.91. The fourth-order valence-corrected chi connectivity index (χ4v) is 6.67. The van der Waals surface area contributed by atoms with Gasteiger partial charge in [-0.15, -0.1) is 11.3 Å². The number of aryl methyl sites for hydroxylation is 1. The van der Waals surface area contributed by atoms with Crippen LogP contribution in [0, 0.1) is 6.92 Å². The van der Waals surface area contributed by atoms with E-state index in [1.807, 2.05) is 37.4 Å². The van der Waals surface area contributed by atoms with Gasteiger partial charge in [0.15, 0.2) is 0 Å². The number of imidazole rings is 1. The Kier molecular flexibility index (Phi) is 6.54. The average Bonchev–Trinajstić information content (AvgIpc) is 3.40. The molecule has 0 aliphatic carbocycles. The monoisotopic (exact) mass is 458 g/mol. The zero-order valence-corrected chi connectivity index (χ0v) is 19.1. The minimum atomic E-state index is -3.45. The summed E-state index contributed by atoms with van der Waals surface area (Å²) in [5, 5.41) is 2.89. The van der Waals surface area contributed by atoms with E-state index >= 15 is 0 Å². The third-order valence-corrected chi connectivity index (χ3v) is 8.85. The molecule has 1 fully saturated rings. The highest BCUT2D eigenvalue weighted by Crippen LogP contribution is 2.27. The molecule has 1 aliphatic heterocycles. The summed E-state index contributed by atoms with van der Waals surface area (Å²) in [6.07, 6.45) is 6.74. The van der Waals surface area contributed by atoms with Gasteiger partial charge in [-0.2, -0.15) is 4.31 Å². The quantitative estimate of drug-likeness (QED) is 0.586. The number of hydrogen-bond donors (Lipinski definition) is 1. The first-order valence-electron chi connectivity index (χ1n) is 10.4.